The van der Waals surface area contributed by atoms with Crippen LogP contribution in [0.25, 0.3) is 0 Å². The average molecular weight is 248 g/mol. The quantitative estimate of drug-likeness (QED) is 0.900. The van der Waals surface area contributed by atoms with Gasteiger partial charge in [0.05, 0.1) is 6.54 Å². The molecule has 4 nitrogen and oxygen atoms in total. The lowest BCUT2D eigenvalue weighted by Crippen LogP contribution is -2.37. The van der Waals surface area contributed by atoms with Gasteiger partial charge in [-0.05, 0) is 25.5 Å². The minimum absolute atomic E-state index is 0.520. The Kier molecular flexibility index (Phi) is 2.94. The molecule has 1 aliphatic rings. The Morgan fingerprint density at radius 2 is 2.47 bits per heavy atom. The summed E-state index contributed by atoms with van der Waals surface area (Å²) < 4.78 is 2.01. The van der Waals surface area contributed by atoms with Crippen molar-refractivity contribution in [2.24, 2.45) is 0 Å². The molecule has 0 aliphatic carbocycles. The Bertz CT molecular complexity index is 502. The summed E-state index contributed by atoms with van der Waals surface area (Å²) in [5, 5.41) is 7.84. The fourth-order valence-electron chi connectivity index (χ4n) is 2.23. The number of aryl methyl sites for hydroxylation is 2. The van der Waals surface area contributed by atoms with Crippen LogP contribution in [0.3, 0.4) is 0 Å². The molecule has 3 heterocycles. The molecule has 1 N–H and O–H groups in total. The molecule has 0 aromatic carbocycles. The first-order chi connectivity index (χ1) is 8.31. The number of thiophene rings is 1. The second kappa shape index (κ2) is 4.58. The molecule has 0 saturated carbocycles. The third-order valence-corrected chi connectivity index (χ3v) is 4.17. The lowest BCUT2D eigenvalue weighted by Gasteiger charge is -2.23. The Hall–Kier alpha value is -1.20. The molecule has 0 radical (unpaired) electrons. The smallest absolute Gasteiger partial charge is 0.138 e. The zero-order chi connectivity index (χ0) is 11.7. The van der Waals surface area contributed by atoms with Gasteiger partial charge in [-0.25, -0.2) is 9.67 Å². The van der Waals surface area contributed by atoms with E-state index in [9.17, 15) is 0 Å². The minimum atomic E-state index is 0.520. The Labute approximate surface area is 105 Å². The molecule has 2 aromatic rings. The second-order valence-corrected chi connectivity index (χ2v) is 5.86. The lowest BCUT2D eigenvalue weighted by atomic mass is 10.1. The zero-order valence-electron chi connectivity index (χ0n) is 9.89. The maximum absolute atomic E-state index is 4.24. The Morgan fingerprint density at radius 1 is 1.53 bits per heavy atom. The van der Waals surface area contributed by atoms with Crippen LogP contribution in [0.1, 0.15) is 22.0 Å². The van der Waals surface area contributed by atoms with E-state index in [0.29, 0.717) is 6.04 Å². The van der Waals surface area contributed by atoms with E-state index in [-0.39, 0.29) is 0 Å². The van der Waals surface area contributed by atoms with Crippen molar-refractivity contribution in [3.05, 3.63) is 34.0 Å². The van der Waals surface area contributed by atoms with Crippen molar-refractivity contribution in [1.29, 1.82) is 0 Å². The van der Waals surface area contributed by atoms with Gasteiger partial charge in [-0.15, -0.1) is 11.3 Å². The molecule has 1 unspecified atom stereocenters. The molecule has 5 heteroatoms. The molecule has 0 amide bonds. The van der Waals surface area contributed by atoms with Gasteiger partial charge in [0.15, 0.2) is 0 Å². The van der Waals surface area contributed by atoms with Crippen LogP contribution >= 0.6 is 11.3 Å². The fraction of sp³-hybridized carbons (Fsp3) is 0.500. The van der Waals surface area contributed by atoms with Crippen LogP contribution in [-0.4, -0.2) is 20.8 Å². The zero-order valence-corrected chi connectivity index (χ0v) is 10.7. The van der Waals surface area contributed by atoms with E-state index in [1.165, 1.54) is 9.75 Å². The van der Waals surface area contributed by atoms with Gasteiger partial charge in [-0.2, -0.15) is 5.10 Å². The van der Waals surface area contributed by atoms with Crippen molar-refractivity contribution < 1.29 is 0 Å². The van der Waals surface area contributed by atoms with Crippen molar-refractivity contribution in [1.82, 2.24) is 20.1 Å². The number of nitrogens with one attached hydrogen (secondary N) is 1. The predicted molar refractivity (Wildman–Crippen MR) is 68.0 cm³/mol. The molecular weight excluding hydrogens is 232 g/mol. The van der Waals surface area contributed by atoms with Crippen LogP contribution in [0, 0.1) is 6.92 Å². The van der Waals surface area contributed by atoms with E-state index >= 15 is 0 Å². The van der Waals surface area contributed by atoms with Gasteiger partial charge in [0.1, 0.15) is 12.2 Å². The fourth-order valence-corrected chi connectivity index (χ4v) is 3.07. The van der Waals surface area contributed by atoms with E-state index in [0.717, 1.165) is 31.8 Å². The summed E-state index contributed by atoms with van der Waals surface area (Å²) in [6.07, 6.45) is 3.84. The minimum Gasteiger partial charge on any atom is -0.307 e. The Morgan fingerprint density at radius 3 is 3.29 bits per heavy atom. The molecule has 2 aromatic heterocycles. The number of hydrogen-bond acceptors (Lipinski definition) is 4. The highest BCUT2D eigenvalue weighted by Crippen LogP contribution is 2.16. The Balaban J connectivity index is 1.57. The van der Waals surface area contributed by atoms with Gasteiger partial charge < -0.3 is 5.32 Å². The molecule has 1 atom stereocenters. The van der Waals surface area contributed by atoms with Crippen molar-refractivity contribution >= 4 is 11.3 Å². The van der Waals surface area contributed by atoms with E-state index in [2.05, 4.69) is 34.5 Å². The van der Waals surface area contributed by atoms with Gasteiger partial charge >= 0.3 is 0 Å². The average Bonchev–Trinajstić information content (AvgIpc) is 2.94. The predicted octanol–water partition coefficient (Wildman–Crippen LogP) is 1.75. The number of nitrogens with zero attached hydrogens (tertiary/aromatic N) is 3. The summed E-state index contributed by atoms with van der Waals surface area (Å²) in [6.45, 7) is 4.06. The van der Waals surface area contributed by atoms with Crippen LogP contribution in [0.5, 0.6) is 0 Å². The van der Waals surface area contributed by atoms with E-state index < -0.39 is 0 Å². The molecule has 17 heavy (non-hydrogen) atoms. The van der Waals surface area contributed by atoms with Gasteiger partial charge in [0.25, 0.3) is 0 Å². The first-order valence-corrected chi connectivity index (χ1v) is 6.78. The first-order valence-electron chi connectivity index (χ1n) is 5.96. The van der Waals surface area contributed by atoms with E-state index in [4.69, 9.17) is 0 Å². The number of fused-ring (bicyclic) bond motifs is 1. The van der Waals surface area contributed by atoms with Crippen LogP contribution in [0.4, 0.5) is 0 Å². The topological polar surface area (TPSA) is 42.7 Å². The molecule has 90 valence electrons. The molecule has 1 aliphatic heterocycles. The maximum atomic E-state index is 4.24. The summed E-state index contributed by atoms with van der Waals surface area (Å²) in [5.41, 5.74) is 0. The molecule has 0 fully saturated rings. The van der Waals surface area contributed by atoms with Crippen LogP contribution in [-0.2, 0) is 19.5 Å². The van der Waals surface area contributed by atoms with Crippen LogP contribution in [0.2, 0.25) is 0 Å². The summed E-state index contributed by atoms with van der Waals surface area (Å²) in [4.78, 5) is 7.03. The van der Waals surface area contributed by atoms with E-state index in [1.807, 2.05) is 16.0 Å². The highest BCUT2D eigenvalue weighted by atomic mass is 32.1. The molecule has 0 bridgehead atoms. The van der Waals surface area contributed by atoms with Gasteiger partial charge in [0, 0.05) is 28.8 Å². The third kappa shape index (κ3) is 2.40. The van der Waals surface area contributed by atoms with Gasteiger partial charge in [-0.3, -0.25) is 0 Å². The standard InChI is InChI=1S/C12H16N4S/c1-9-2-4-11(17-9)6-13-10-3-5-12-14-8-15-16(12)7-10/h2,4,8,10,13H,3,5-7H2,1H3. The number of aromatic nitrogens is 3. The van der Waals surface area contributed by atoms with E-state index in [1.54, 1.807) is 6.33 Å². The molecular formula is C12H16N4S. The highest BCUT2D eigenvalue weighted by Gasteiger charge is 2.19. The van der Waals surface area contributed by atoms with Crippen molar-refractivity contribution in [3.63, 3.8) is 0 Å². The van der Waals surface area contributed by atoms with Gasteiger partial charge in [-0.1, -0.05) is 0 Å². The second-order valence-electron chi connectivity index (χ2n) is 4.49. The van der Waals surface area contributed by atoms with Crippen LogP contribution < -0.4 is 5.32 Å². The highest BCUT2D eigenvalue weighted by molar-refractivity contribution is 7.11. The third-order valence-electron chi connectivity index (χ3n) is 3.17. The van der Waals surface area contributed by atoms with Crippen molar-refractivity contribution in [3.8, 4) is 0 Å². The molecule has 0 saturated heterocycles. The van der Waals surface area contributed by atoms with Gasteiger partial charge in [0.2, 0.25) is 0 Å². The summed E-state index contributed by atoms with van der Waals surface area (Å²) >= 11 is 1.87. The lowest BCUT2D eigenvalue weighted by molar-refractivity contribution is 0.359. The number of hydrogen-bond donors (Lipinski definition) is 1. The first kappa shape index (κ1) is 10.9. The molecule has 3 rings (SSSR count). The normalized spacial score (nSPS) is 19.2. The van der Waals surface area contributed by atoms with Crippen molar-refractivity contribution in [2.45, 2.75) is 38.9 Å². The van der Waals surface area contributed by atoms with Crippen LogP contribution in [0.15, 0.2) is 18.5 Å². The molecule has 0 spiro atoms. The van der Waals surface area contributed by atoms with Crippen molar-refractivity contribution in [2.75, 3.05) is 0 Å². The summed E-state index contributed by atoms with van der Waals surface area (Å²) in [6, 6.07) is 4.90. The number of rotatable bonds is 3. The monoisotopic (exact) mass is 248 g/mol. The summed E-state index contributed by atoms with van der Waals surface area (Å²) in [5.74, 6) is 1.12. The SMILES string of the molecule is Cc1ccc(CNC2CCc3ncnn3C2)s1. The summed E-state index contributed by atoms with van der Waals surface area (Å²) in [7, 11) is 0. The largest absolute Gasteiger partial charge is 0.307 e. The maximum Gasteiger partial charge on any atom is 0.138 e.